The molecule has 0 spiro atoms. The van der Waals surface area contributed by atoms with Crippen LogP contribution in [-0.2, 0) is 21.7 Å². The fraction of sp³-hybridized carbons (Fsp3) is 0.286. The van der Waals surface area contributed by atoms with Crippen LogP contribution in [0.25, 0.3) is 11.3 Å². The zero-order valence-electron chi connectivity index (χ0n) is 15.3. The Bertz CT molecular complexity index is 960. The molecular formula is C21H21FN2O2. The highest BCUT2D eigenvalue weighted by Gasteiger charge is 2.40. The molecule has 0 radical (unpaired) electrons. The van der Waals surface area contributed by atoms with Crippen LogP contribution in [0.15, 0.2) is 36.4 Å². The molecule has 0 unspecified atom stereocenters. The van der Waals surface area contributed by atoms with E-state index in [0.717, 1.165) is 17.7 Å². The number of halogens is 1. The summed E-state index contributed by atoms with van der Waals surface area (Å²) in [6, 6.07) is 10.5. The molecule has 134 valence electrons. The number of ether oxygens (including phenoxy) is 1. The summed E-state index contributed by atoms with van der Waals surface area (Å²) in [7, 11) is 4.05. The first-order chi connectivity index (χ1) is 12.3. The van der Waals surface area contributed by atoms with Crippen molar-refractivity contribution in [1.82, 2.24) is 4.90 Å². The zero-order valence-corrected chi connectivity index (χ0v) is 15.3. The van der Waals surface area contributed by atoms with Gasteiger partial charge < -0.3 is 15.0 Å². The van der Waals surface area contributed by atoms with Gasteiger partial charge in [0.25, 0.3) is 5.91 Å². The van der Waals surface area contributed by atoms with Gasteiger partial charge in [-0.3, -0.25) is 4.79 Å². The van der Waals surface area contributed by atoms with Crippen LogP contribution in [0.2, 0.25) is 0 Å². The van der Waals surface area contributed by atoms with Crippen molar-refractivity contribution in [2.24, 2.45) is 0 Å². The number of fused-ring (bicyclic) bond motifs is 2. The third-order valence-corrected chi connectivity index (χ3v) is 4.79. The lowest BCUT2D eigenvalue weighted by Crippen LogP contribution is -2.16. The number of carbonyl (C=O) groups excluding carboxylic acids is 1. The SMILES string of the molecule is CN(C)Cc1ccc2c(c1)C(C)(C)O/C2=C1/C(=O)Nc2ccc(F)cc21. The molecule has 2 heterocycles. The molecule has 0 atom stereocenters. The van der Waals surface area contributed by atoms with Gasteiger partial charge in [0.15, 0.2) is 0 Å². The molecule has 2 aromatic carbocycles. The minimum atomic E-state index is -0.559. The van der Waals surface area contributed by atoms with Crippen LogP contribution in [0.3, 0.4) is 0 Å². The number of hydrogen-bond acceptors (Lipinski definition) is 3. The van der Waals surface area contributed by atoms with Crippen LogP contribution >= 0.6 is 0 Å². The Kier molecular flexibility index (Phi) is 3.66. The highest BCUT2D eigenvalue weighted by Crippen LogP contribution is 2.48. The number of amides is 1. The predicted molar refractivity (Wildman–Crippen MR) is 99.8 cm³/mol. The van der Waals surface area contributed by atoms with Crippen LogP contribution in [0.1, 0.15) is 36.1 Å². The molecule has 4 rings (SSSR count). The summed E-state index contributed by atoms with van der Waals surface area (Å²) in [6.45, 7) is 4.79. The largest absolute Gasteiger partial charge is 0.482 e. The van der Waals surface area contributed by atoms with Crippen LogP contribution < -0.4 is 5.32 Å². The molecule has 1 N–H and O–H groups in total. The van der Waals surface area contributed by atoms with E-state index in [1.165, 1.54) is 17.7 Å². The molecule has 0 saturated carbocycles. The maximum atomic E-state index is 13.8. The number of nitrogens with one attached hydrogen (secondary N) is 1. The average Bonchev–Trinajstić information content (AvgIpc) is 3.00. The highest BCUT2D eigenvalue weighted by atomic mass is 19.1. The molecule has 2 aromatic rings. The molecular weight excluding hydrogens is 331 g/mol. The minimum absolute atomic E-state index is 0.262. The van der Waals surface area contributed by atoms with E-state index in [9.17, 15) is 9.18 Å². The van der Waals surface area contributed by atoms with E-state index in [1.54, 1.807) is 6.07 Å². The Morgan fingerprint density at radius 2 is 1.88 bits per heavy atom. The Labute approximate surface area is 152 Å². The summed E-state index contributed by atoms with van der Waals surface area (Å²) >= 11 is 0. The molecule has 2 aliphatic heterocycles. The Hall–Kier alpha value is -2.66. The monoisotopic (exact) mass is 352 g/mol. The van der Waals surface area contributed by atoms with Gasteiger partial charge in [-0.25, -0.2) is 4.39 Å². The number of carbonyl (C=O) groups is 1. The predicted octanol–water partition coefficient (Wildman–Crippen LogP) is 3.97. The van der Waals surface area contributed by atoms with E-state index in [4.69, 9.17) is 4.74 Å². The summed E-state index contributed by atoms with van der Waals surface area (Å²) in [5.41, 5.74) is 4.10. The maximum absolute atomic E-state index is 13.8. The van der Waals surface area contributed by atoms with E-state index >= 15 is 0 Å². The normalized spacial score (nSPS) is 20.0. The fourth-order valence-electron chi connectivity index (χ4n) is 3.67. The van der Waals surface area contributed by atoms with Crippen molar-refractivity contribution in [3.05, 3.63) is 64.5 Å². The number of benzene rings is 2. The average molecular weight is 352 g/mol. The van der Waals surface area contributed by atoms with E-state index in [0.29, 0.717) is 22.6 Å². The molecule has 2 aliphatic rings. The third-order valence-electron chi connectivity index (χ3n) is 4.79. The second kappa shape index (κ2) is 5.68. The van der Waals surface area contributed by atoms with Gasteiger partial charge in [-0.15, -0.1) is 0 Å². The van der Waals surface area contributed by atoms with Crippen molar-refractivity contribution in [3.63, 3.8) is 0 Å². The number of nitrogens with zero attached hydrogens (tertiary/aromatic N) is 1. The molecule has 4 nitrogen and oxygen atoms in total. The first-order valence-corrected chi connectivity index (χ1v) is 8.59. The summed E-state index contributed by atoms with van der Waals surface area (Å²) in [4.78, 5) is 14.7. The summed E-state index contributed by atoms with van der Waals surface area (Å²) in [6.07, 6.45) is 0. The molecule has 0 aromatic heterocycles. The molecule has 26 heavy (non-hydrogen) atoms. The van der Waals surface area contributed by atoms with Gasteiger partial charge in [-0.05, 0) is 57.8 Å². The van der Waals surface area contributed by atoms with Gasteiger partial charge in [0.2, 0.25) is 0 Å². The lowest BCUT2D eigenvalue weighted by Gasteiger charge is -2.20. The van der Waals surface area contributed by atoms with Crippen molar-refractivity contribution in [2.45, 2.75) is 26.0 Å². The second-order valence-corrected chi connectivity index (χ2v) is 7.58. The second-order valence-electron chi connectivity index (χ2n) is 7.58. The summed E-state index contributed by atoms with van der Waals surface area (Å²) in [5, 5.41) is 2.80. The van der Waals surface area contributed by atoms with Crippen molar-refractivity contribution in [3.8, 4) is 0 Å². The Morgan fingerprint density at radius 3 is 2.62 bits per heavy atom. The van der Waals surface area contributed by atoms with Crippen molar-refractivity contribution in [1.29, 1.82) is 0 Å². The van der Waals surface area contributed by atoms with Gasteiger partial charge in [-0.2, -0.15) is 0 Å². The lowest BCUT2D eigenvalue weighted by atomic mass is 9.92. The number of rotatable bonds is 2. The smallest absolute Gasteiger partial charge is 0.260 e. The van der Waals surface area contributed by atoms with E-state index in [-0.39, 0.29) is 11.7 Å². The van der Waals surface area contributed by atoms with Crippen molar-refractivity contribution < 1.29 is 13.9 Å². The quantitative estimate of drug-likeness (QED) is 0.832. The molecule has 1 amide bonds. The fourth-order valence-corrected chi connectivity index (χ4v) is 3.67. The first kappa shape index (κ1) is 16.8. The Morgan fingerprint density at radius 1 is 1.12 bits per heavy atom. The maximum Gasteiger partial charge on any atom is 0.260 e. The molecule has 0 saturated heterocycles. The van der Waals surface area contributed by atoms with E-state index in [1.807, 2.05) is 40.1 Å². The lowest BCUT2D eigenvalue weighted by molar-refractivity contribution is -0.110. The van der Waals surface area contributed by atoms with Crippen molar-refractivity contribution in [2.75, 3.05) is 19.4 Å². The van der Waals surface area contributed by atoms with E-state index in [2.05, 4.69) is 16.3 Å². The molecule has 0 aliphatic carbocycles. The van der Waals surface area contributed by atoms with Gasteiger partial charge in [0.05, 0.1) is 5.57 Å². The van der Waals surface area contributed by atoms with Crippen molar-refractivity contribution >= 4 is 22.9 Å². The molecule has 0 fully saturated rings. The third kappa shape index (κ3) is 2.59. The number of hydrogen-bond donors (Lipinski definition) is 1. The summed E-state index contributed by atoms with van der Waals surface area (Å²) < 4.78 is 20.0. The standard InChI is InChI=1S/C21H21FN2O2/c1-21(2)16-9-12(11-24(3)4)5-7-14(16)19(26-21)18-15-10-13(22)6-8-17(15)23-20(18)25/h5-10H,11H2,1-4H3,(H,23,25)/b19-18+. The number of anilines is 1. The summed E-state index contributed by atoms with van der Waals surface area (Å²) in [5.74, 6) is -0.123. The van der Waals surface area contributed by atoms with E-state index < -0.39 is 5.60 Å². The van der Waals surface area contributed by atoms with Crippen LogP contribution in [0.4, 0.5) is 10.1 Å². The van der Waals surface area contributed by atoms with Gasteiger partial charge in [0, 0.05) is 28.9 Å². The zero-order chi connectivity index (χ0) is 18.6. The van der Waals surface area contributed by atoms with Crippen LogP contribution in [0, 0.1) is 5.82 Å². The Balaban J connectivity index is 1.90. The van der Waals surface area contributed by atoms with Gasteiger partial charge in [0.1, 0.15) is 17.2 Å². The molecule has 0 bridgehead atoms. The van der Waals surface area contributed by atoms with Crippen LogP contribution in [0.5, 0.6) is 0 Å². The van der Waals surface area contributed by atoms with Gasteiger partial charge in [-0.1, -0.05) is 12.1 Å². The highest BCUT2D eigenvalue weighted by molar-refractivity contribution is 6.36. The molecule has 5 heteroatoms. The minimum Gasteiger partial charge on any atom is -0.482 e. The first-order valence-electron chi connectivity index (χ1n) is 8.59. The van der Waals surface area contributed by atoms with Crippen LogP contribution in [-0.4, -0.2) is 24.9 Å². The topological polar surface area (TPSA) is 41.6 Å². The van der Waals surface area contributed by atoms with Gasteiger partial charge >= 0.3 is 0 Å².